The van der Waals surface area contributed by atoms with Crippen LogP contribution in [-0.2, 0) is 19.1 Å². The summed E-state index contributed by atoms with van der Waals surface area (Å²) >= 11 is 0. The highest BCUT2D eigenvalue weighted by Crippen LogP contribution is 2.19. The van der Waals surface area contributed by atoms with Crippen molar-refractivity contribution < 1.29 is 23.5 Å². The van der Waals surface area contributed by atoms with Crippen LogP contribution in [0.5, 0.6) is 0 Å². The summed E-state index contributed by atoms with van der Waals surface area (Å²) in [5.41, 5.74) is -0.675. The van der Waals surface area contributed by atoms with Crippen LogP contribution in [-0.4, -0.2) is 37.0 Å². The van der Waals surface area contributed by atoms with E-state index in [0.717, 1.165) is 4.90 Å². The van der Waals surface area contributed by atoms with Crippen LogP contribution in [0.4, 0.5) is 10.1 Å². The Bertz CT molecular complexity index is 737. The minimum atomic E-state index is -0.939. The number of para-hydroxylation sites is 1. The van der Waals surface area contributed by atoms with Gasteiger partial charge >= 0.3 is 5.97 Å². The number of nitrogens with one attached hydrogen (secondary N) is 1. The van der Waals surface area contributed by atoms with Gasteiger partial charge in [0.25, 0.3) is 5.91 Å². The van der Waals surface area contributed by atoms with Gasteiger partial charge in [-0.3, -0.25) is 9.59 Å². The van der Waals surface area contributed by atoms with Crippen molar-refractivity contribution in [2.45, 2.75) is 40.2 Å². The van der Waals surface area contributed by atoms with Crippen LogP contribution in [0.25, 0.3) is 0 Å². The molecule has 0 bridgehead atoms. The number of nitriles is 1. The topological polar surface area (TPSA) is 99.5 Å². The first-order chi connectivity index (χ1) is 12.6. The van der Waals surface area contributed by atoms with Crippen molar-refractivity contribution in [2.24, 2.45) is 5.41 Å². The highest BCUT2D eigenvalue weighted by molar-refractivity contribution is 5.96. The van der Waals surface area contributed by atoms with Crippen molar-refractivity contribution >= 4 is 23.5 Å². The van der Waals surface area contributed by atoms with Crippen LogP contribution in [0, 0.1) is 22.6 Å². The van der Waals surface area contributed by atoms with E-state index in [0.29, 0.717) is 0 Å². The van der Waals surface area contributed by atoms with Crippen LogP contribution >= 0.6 is 0 Å². The summed E-state index contributed by atoms with van der Waals surface area (Å²) in [6.07, 6.45) is -0.00787. The van der Waals surface area contributed by atoms with E-state index in [2.05, 4.69) is 5.32 Å². The van der Waals surface area contributed by atoms with Crippen LogP contribution in [0.1, 0.15) is 34.1 Å². The normalized spacial score (nSPS) is 11.9. The smallest absolute Gasteiger partial charge is 0.328 e. The Kier molecular flexibility index (Phi) is 7.91. The number of rotatable bonds is 7. The molecule has 0 aliphatic heterocycles. The fourth-order valence-electron chi connectivity index (χ4n) is 2.02. The lowest BCUT2D eigenvalue weighted by Gasteiger charge is -2.23. The average molecular weight is 377 g/mol. The standard InChI is InChI=1S/C19H24FN3O4/c1-13(22-18(26)19(2,3)4)17(25)27-12-16(24)23(11-7-10-21)15-9-6-5-8-14(15)20/h5-6,8-9,13H,7,11-12H2,1-4H3,(H,22,26). The molecule has 1 aromatic rings. The average Bonchev–Trinajstić information content (AvgIpc) is 2.60. The van der Waals surface area contributed by atoms with Gasteiger partial charge in [-0.05, 0) is 19.1 Å². The van der Waals surface area contributed by atoms with E-state index < -0.39 is 35.8 Å². The minimum Gasteiger partial charge on any atom is -0.454 e. The van der Waals surface area contributed by atoms with Crippen molar-refractivity contribution in [2.75, 3.05) is 18.1 Å². The zero-order valence-corrected chi connectivity index (χ0v) is 15.9. The molecule has 0 radical (unpaired) electrons. The van der Waals surface area contributed by atoms with Gasteiger partial charge in [0, 0.05) is 12.0 Å². The Morgan fingerprint density at radius 3 is 2.48 bits per heavy atom. The van der Waals surface area contributed by atoms with Gasteiger partial charge in [-0.25, -0.2) is 9.18 Å². The third-order valence-corrected chi connectivity index (χ3v) is 3.61. The molecule has 0 fully saturated rings. The van der Waals surface area contributed by atoms with Crippen LogP contribution in [0.15, 0.2) is 24.3 Å². The predicted octanol–water partition coefficient (Wildman–Crippen LogP) is 2.17. The van der Waals surface area contributed by atoms with Crippen molar-refractivity contribution in [3.8, 4) is 6.07 Å². The molecule has 0 aliphatic rings. The molecule has 27 heavy (non-hydrogen) atoms. The molecule has 2 amide bonds. The molecule has 0 aromatic heterocycles. The molecule has 146 valence electrons. The van der Waals surface area contributed by atoms with Crippen LogP contribution in [0.2, 0.25) is 0 Å². The number of carbonyl (C=O) groups is 3. The zero-order chi connectivity index (χ0) is 20.6. The van der Waals surface area contributed by atoms with Gasteiger partial charge in [-0.15, -0.1) is 0 Å². The number of benzene rings is 1. The SMILES string of the molecule is CC(NC(=O)C(C)(C)C)C(=O)OCC(=O)N(CCC#N)c1ccccc1F. The Balaban J connectivity index is 2.74. The lowest BCUT2D eigenvalue weighted by atomic mass is 9.95. The lowest BCUT2D eigenvalue weighted by Crippen LogP contribution is -2.45. The number of nitrogens with zero attached hydrogens (tertiary/aromatic N) is 2. The number of amides is 2. The largest absolute Gasteiger partial charge is 0.454 e. The van der Waals surface area contributed by atoms with Gasteiger partial charge in [0.05, 0.1) is 18.2 Å². The summed E-state index contributed by atoms with van der Waals surface area (Å²) in [5.74, 6) is -2.41. The second-order valence-corrected chi connectivity index (χ2v) is 6.96. The Morgan fingerprint density at radius 2 is 1.93 bits per heavy atom. The van der Waals surface area contributed by atoms with E-state index in [1.807, 2.05) is 6.07 Å². The third-order valence-electron chi connectivity index (χ3n) is 3.61. The van der Waals surface area contributed by atoms with E-state index in [-0.39, 0.29) is 24.6 Å². The van der Waals surface area contributed by atoms with Gasteiger partial charge in [0.2, 0.25) is 5.91 Å². The molecule has 0 heterocycles. The first kappa shape index (κ1) is 22.1. The zero-order valence-electron chi connectivity index (χ0n) is 15.9. The maximum atomic E-state index is 14.0. The van der Waals surface area contributed by atoms with Gasteiger partial charge in [-0.2, -0.15) is 5.26 Å². The van der Waals surface area contributed by atoms with Crippen molar-refractivity contribution in [3.63, 3.8) is 0 Å². The fourth-order valence-corrected chi connectivity index (χ4v) is 2.02. The lowest BCUT2D eigenvalue weighted by molar-refractivity contribution is -0.151. The molecule has 0 spiro atoms. The van der Waals surface area contributed by atoms with Gasteiger partial charge in [0.15, 0.2) is 6.61 Å². The Hall–Kier alpha value is -2.95. The second-order valence-electron chi connectivity index (χ2n) is 6.96. The number of hydrogen-bond acceptors (Lipinski definition) is 5. The summed E-state index contributed by atoms with van der Waals surface area (Å²) in [6.45, 7) is 5.88. The predicted molar refractivity (Wildman–Crippen MR) is 97.0 cm³/mol. The van der Waals surface area contributed by atoms with Crippen molar-refractivity contribution in [1.82, 2.24) is 5.32 Å². The summed E-state index contributed by atoms with van der Waals surface area (Å²) in [5, 5.41) is 11.3. The Morgan fingerprint density at radius 1 is 1.30 bits per heavy atom. The van der Waals surface area contributed by atoms with E-state index in [1.54, 1.807) is 26.8 Å². The molecule has 0 saturated heterocycles. The van der Waals surface area contributed by atoms with E-state index in [9.17, 15) is 18.8 Å². The molecular formula is C19H24FN3O4. The molecule has 1 rings (SSSR count). The first-order valence-corrected chi connectivity index (χ1v) is 8.47. The molecule has 1 aromatic carbocycles. The van der Waals surface area contributed by atoms with Gasteiger partial charge in [-0.1, -0.05) is 32.9 Å². The summed E-state index contributed by atoms with van der Waals surface area (Å²) < 4.78 is 18.9. The van der Waals surface area contributed by atoms with Crippen molar-refractivity contribution in [3.05, 3.63) is 30.1 Å². The summed E-state index contributed by atoms with van der Waals surface area (Å²) in [7, 11) is 0. The molecular weight excluding hydrogens is 353 g/mol. The number of halogens is 1. The molecule has 1 unspecified atom stereocenters. The maximum absolute atomic E-state index is 14.0. The van der Waals surface area contributed by atoms with E-state index in [1.165, 1.54) is 25.1 Å². The first-order valence-electron chi connectivity index (χ1n) is 8.47. The second kappa shape index (κ2) is 9.67. The number of anilines is 1. The molecule has 1 atom stereocenters. The van der Waals surface area contributed by atoms with Crippen LogP contribution < -0.4 is 10.2 Å². The number of carbonyl (C=O) groups excluding carboxylic acids is 3. The maximum Gasteiger partial charge on any atom is 0.328 e. The molecule has 8 heteroatoms. The number of ether oxygens (including phenoxy) is 1. The van der Waals surface area contributed by atoms with E-state index in [4.69, 9.17) is 10.00 Å². The summed E-state index contributed by atoms with van der Waals surface area (Å²) in [4.78, 5) is 37.4. The molecule has 7 nitrogen and oxygen atoms in total. The van der Waals surface area contributed by atoms with Crippen LogP contribution in [0.3, 0.4) is 0 Å². The van der Waals surface area contributed by atoms with E-state index >= 15 is 0 Å². The molecule has 0 aliphatic carbocycles. The fraction of sp³-hybridized carbons (Fsp3) is 0.474. The molecule has 1 N–H and O–H groups in total. The van der Waals surface area contributed by atoms with Gasteiger partial charge < -0.3 is 15.0 Å². The quantitative estimate of drug-likeness (QED) is 0.734. The Labute approximate surface area is 158 Å². The minimum absolute atomic E-state index is 0.00267. The number of esters is 1. The highest BCUT2D eigenvalue weighted by Gasteiger charge is 2.27. The molecule has 0 saturated carbocycles. The van der Waals surface area contributed by atoms with Crippen molar-refractivity contribution in [1.29, 1.82) is 5.26 Å². The summed E-state index contributed by atoms with van der Waals surface area (Å²) in [6, 6.07) is 6.58. The number of hydrogen-bond donors (Lipinski definition) is 1. The third kappa shape index (κ3) is 6.70. The monoisotopic (exact) mass is 377 g/mol. The van der Waals surface area contributed by atoms with Gasteiger partial charge in [0.1, 0.15) is 11.9 Å². The highest BCUT2D eigenvalue weighted by atomic mass is 19.1.